The number of rotatable bonds is 5. The Kier molecular flexibility index (Phi) is 6.00. The molecular formula is C21H24BrNO. The lowest BCUT2D eigenvalue weighted by Gasteiger charge is -2.32. The molecule has 2 nitrogen and oxygen atoms in total. The van der Waals surface area contributed by atoms with E-state index in [1.807, 2.05) is 55.1 Å². The summed E-state index contributed by atoms with van der Waals surface area (Å²) < 4.78 is -0.628. The highest BCUT2D eigenvalue weighted by molar-refractivity contribution is 9.10. The minimum atomic E-state index is -0.628. The molecule has 0 aliphatic rings. The van der Waals surface area contributed by atoms with Crippen molar-refractivity contribution in [2.24, 2.45) is 0 Å². The van der Waals surface area contributed by atoms with Gasteiger partial charge in [0, 0.05) is 5.70 Å². The van der Waals surface area contributed by atoms with E-state index in [0.717, 1.165) is 22.4 Å². The summed E-state index contributed by atoms with van der Waals surface area (Å²) in [7, 11) is 0. The zero-order valence-electron chi connectivity index (χ0n) is 14.7. The van der Waals surface area contributed by atoms with E-state index < -0.39 is 4.32 Å². The third-order valence-electron chi connectivity index (χ3n) is 3.73. The lowest BCUT2D eigenvalue weighted by atomic mass is 10.0. The van der Waals surface area contributed by atoms with E-state index in [4.69, 9.17) is 0 Å². The fourth-order valence-electron chi connectivity index (χ4n) is 2.65. The maximum absolute atomic E-state index is 13.1. The van der Waals surface area contributed by atoms with Gasteiger partial charge in [-0.1, -0.05) is 82.2 Å². The van der Waals surface area contributed by atoms with E-state index in [0.29, 0.717) is 6.54 Å². The molecule has 0 unspecified atom stereocenters. The molecule has 0 fully saturated rings. The van der Waals surface area contributed by atoms with Gasteiger partial charge >= 0.3 is 0 Å². The van der Waals surface area contributed by atoms with Crippen molar-refractivity contribution in [1.29, 1.82) is 0 Å². The second-order valence-corrected chi connectivity index (χ2v) is 8.55. The van der Waals surface area contributed by atoms with Gasteiger partial charge in [-0.3, -0.25) is 4.79 Å². The minimum absolute atomic E-state index is 0.0476. The van der Waals surface area contributed by atoms with Crippen LogP contribution in [0.5, 0.6) is 0 Å². The van der Waals surface area contributed by atoms with Gasteiger partial charge in [0.25, 0.3) is 0 Å². The number of amides is 1. The summed E-state index contributed by atoms with van der Waals surface area (Å²) >= 11 is 3.53. The largest absolute Gasteiger partial charge is 0.306 e. The highest BCUT2D eigenvalue weighted by Crippen LogP contribution is 2.30. The van der Waals surface area contributed by atoms with Crippen LogP contribution >= 0.6 is 15.9 Å². The zero-order chi connectivity index (χ0) is 17.7. The molecule has 3 heteroatoms. The summed E-state index contributed by atoms with van der Waals surface area (Å²) in [6, 6.07) is 20.2. The van der Waals surface area contributed by atoms with Crippen molar-refractivity contribution in [2.75, 3.05) is 0 Å². The molecule has 0 aromatic heterocycles. The van der Waals surface area contributed by atoms with Gasteiger partial charge in [-0.15, -0.1) is 0 Å². The van der Waals surface area contributed by atoms with Gasteiger partial charge in [0.2, 0.25) is 5.91 Å². The average Bonchev–Trinajstić information content (AvgIpc) is 2.54. The van der Waals surface area contributed by atoms with E-state index in [9.17, 15) is 4.79 Å². The van der Waals surface area contributed by atoms with E-state index in [-0.39, 0.29) is 5.91 Å². The Hall–Kier alpha value is -1.87. The molecule has 0 radical (unpaired) electrons. The van der Waals surface area contributed by atoms with E-state index >= 15 is 0 Å². The summed E-state index contributed by atoms with van der Waals surface area (Å²) in [6.07, 6.45) is 0. The molecule has 0 heterocycles. The van der Waals surface area contributed by atoms with Gasteiger partial charge < -0.3 is 4.90 Å². The van der Waals surface area contributed by atoms with Gasteiger partial charge in [0.1, 0.15) is 0 Å². The van der Waals surface area contributed by atoms with Crippen molar-refractivity contribution in [3.05, 3.63) is 77.4 Å². The van der Waals surface area contributed by atoms with E-state index in [2.05, 4.69) is 54.0 Å². The molecule has 24 heavy (non-hydrogen) atoms. The Labute approximate surface area is 153 Å². The third-order valence-corrected chi connectivity index (χ3v) is 4.07. The van der Waals surface area contributed by atoms with Gasteiger partial charge in [-0.2, -0.15) is 0 Å². The Morgan fingerprint density at radius 2 is 1.46 bits per heavy atom. The highest BCUT2D eigenvalue weighted by Gasteiger charge is 2.32. The first-order chi connectivity index (χ1) is 11.3. The Morgan fingerprint density at radius 3 is 1.92 bits per heavy atom. The molecule has 0 spiro atoms. The van der Waals surface area contributed by atoms with Crippen LogP contribution < -0.4 is 0 Å². The van der Waals surface area contributed by atoms with E-state index in [1.54, 1.807) is 0 Å². The average molecular weight is 386 g/mol. The Bertz CT molecular complexity index is 711. The normalized spacial score (nSPS) is 11.0. The highest BCUT2D eigenvalue weighted by atomic mass is 79.9. The second kappa shape index (κ2) is 7.80. The number of hydrogen-bond acceptors (Lipinski definition) is 1. The molecule has 0 aliphatic heterocycles. The third kappa shape index (κ3) is 4.57. The Balaban J connectivity index is 2.51. The predicted octanol–water partition coefficient (Wildman–Crippen LogP) is 5.64. The molecule has 0 saturated carbocycles. The van der Waals surface area contributed by atoms with E-state index in [1.165, 1.54) is 0 Å². The van der Waals surface area contributed by atoms with Crippen LogP contribution in [0.25, 0.3) is 5.70 Å². The fourth-order valence-corrected chi connectivity index (χ4v) is 2.86. The van der Waals surface area contributed by atoms with Crippen molar-refractivity contribution in [1.82, 2.24) is 4.90 Å². The summed E-state index contributed by atoms with van der Waals surface area (Å²) in [6.45, 7) is 8.43. The fraction of sp³-hybridized carbons (Fsp3) is 0.286. The predicted molar refractivity (Wildman–Crippen MR) is 105 cm³/mol. The molecular weight excluding hydrogens is 362 g/mol. The van der Waals surface area contributed by atoms with Crippen molar-refractivity contribution in [2.45, 2.75) is 38.6 Å². The lowest BCUT2D eigenvalue weighted by molar-refractivity contribution is -0.130. The molecule has 1 amide bonds. The molecule has 2 rings (SSSR count). The number of hydrogen-bond donors (Lipinski definition) is 0. The first kappa shape index (κ1) is 18.5. The van der Waals surface area contributed by atoms with Crippen LogP contribution in [0, 0.1) is 0 Å². The van der Waals surface area contributed by atoms with Gasteiger partial charge in [0.15, 0.2) is 0 Å². The number of halogens is 1. The minimum Gasteiger partial charge on any atom is -0.306 e. The van der Waals surface area contributed by atoms with Crippen molar-refractivity contribution in [3.63, 3.8) is 0 Å². The van der Waals surface area contributed by atoms with Gasteiger partial charge in [0.05, 0.1) is 10.9 Å². The molecule has 0 atom stereocenters. The monoisotopic (exact) mass is 385 g/mol. The number of nitrogens with zero attached hydrogens (tertiary/aromatic N) is 1. The number of alkyl halides is 1. The van der Waals surface area contributed by atoms with Crippen molar-refractivity contribution >= 4 is 27.5 Å². The van der Waals surface area contributed by atoms with Crippen molar-refractivity contribution < 1.29 is 4.79 Å². The molecule has 0 bridgehead atoms. The maximum Gasteiger partial charge on any atom is 0.243 e. The first-order valence-electron chi connectivity index (χ1n) is 8.08. The summed E-state index contributed by atoms with van der Waals surface area (Å²) in [5.74, 6) is 0.0476. The van der Waals surface area contributed by atoms with Crippen LogP contribution in [0.3, 0.4) is 0 Å². The number of allylic oxidation sites excluding steroid dienone is 1. The summed E-state index contributed by atoms with van der Waals surface area (Å²) in [5.41, 5.74) is 4.25. The number of carbonyl (C=O) groups is 1. The topological polar surface area (TPSA) is 20.3 Å². The van der Waals surface area contributed by atoms with Crippen LogP contribution in [0.15, 0.2) is 66.2 Å². The SMILES string of the molecule is CC(C)=C(c1ccccc1)N(Cc1ccccc1)C(=O)C(C)(C)Br. The molecule has 2 aromatic carbocycles. The maximum atomic E-state index is 13.1. The van der Waals surface area contributed by atoms with Gasteiger partial charge in [-0.25, -0.2) is 0 Å². The molecule has 0 aliphatic carbocycles. The quantitative estimate of drug-likeness (QED) is 0.609. The lowest BCUT2D eigenvalue weighted by Crippen LogP contribution is -2.40. The second-order valence-electron chi connectivity index (χ2n) is 6.56. The van der Waals surface area contributed by atoms with Crippen LogP contribution in [-0.4, -0.2) is 15.1 Å². The van der Waals surface area contributed by atoms with Crippen LogP contribution in [0.1, 0.15) is 38.8 Å². The molecule has 0 N–H and O–H groups in total. The number of benzene rings is 2. The summed E-state index contributed by atoms with van der Waals surface area (Å²) in [4.78, 5) is 15.0. The molecule has 2 aromatic rings. The standard InChI is InChI=1S/C21H24BrNO/c1-16(2)19(18-13-9-6-10-14-18)23(20(24)21(3,4)22)15-17-11-7-5-8-12-17/h5-14H,15H2,1-4H3. The number of carbonyl (C=O) groups excluding carboxylic acids is 1. The van der Waals surface area contributed by atoms with Crippen LogP contribution in [0.4, 0.5) is 0 Å². The Morgan fingerprint density at radius 1 is 0.958 bits per heavy atom. The van der Waals surface area contributed by atoms with Gasteiger partial charge in [-0.05, 0) is 38.8 Å². The van der Waals surface area contributed by atoms with Crippen molar-refractivity contribution in [3.8, 4) is 0 Å². The zero-order valence-corrected chi connectivity index (χ0v) is 16.3. The van der Waals surface area contributed by atoms with Crippen LogP contribution in [0.2, 0.25) is 0 Å². The first-order valence-corrected chi connectivity index (χ1v) is 8.87. The summed E-state index contributed by atoms with van der Waals surface area (Å²) in [5, 5.41) is 0. The van der Waals surface area contributed by atoms with Crippen LogP contribution in [-0.2, 0) is 11.3 Å². The molecule has 0 saturated heterocycles. The smallest absolute Gasteiger partial charge is 0.243 e. The molecule has 126 valence electrons.